The van der Waals surface area contributed by atoms with E-state index in [9.17, 15) is 13.6 Å². The fourth-order valence-corrected chi connectivity index (χ4v) is 7.65. The van der Waals surface area contributed by atoms with Crippen LogP contribution in [0.5, 0.6) is 0 Å². The number of thiophene rings is 1. The standard InChI is InChI=1S/C34H27F2N7O2S/c1-18-41-42-33(45-18)27-24(9-6-19-4-7-22(35)8-5-19)40-30-25-3-2-12-43(25)34(44)29(30)28(27)26-14-21-10-11-38-32(31(21)46-26)39-16-20-13-23(36)17-37-15-20/h4-5,7-8,10-11,13-15,17,25H,2-3,6,9,12,16H2,1H3,(H,38,39)/t25-/m1/s1. The van der Waals surface area contributed by atoms with Crippen LogP contribution < -0.4 is 5.32 Å². The first kappa shape index (κ1) is 28.4. The second-order valence-corrected chi connectivity index (χ2v) is 12.6. The van der Waals surface area contributed by atoms with Gasteiger partial charge in [0.05, 0.1) is 39.5 Å². The molecule has 2 aliphatic heterocycles. The van der Waals surface area contributed by atoms with E-state index in [0.29, 0.717) is 60.2 Å². The number of aryl methyl sites for hydroxylation is 3. The monoisotopic (exact) mass is 635 g/mol. The van der Waals surface area contributed by atoms with E-state index in [4.69, 9.17) is 9.40 Å². The average Bonchev–Trinajstić information content (AvgIpc) is 3.85. The molecular formula is C34H27F2N7O2S. The second-order valence-electron chi connectivity index (χ2n) is 11.5. The number of pyridine rings is 3. The number of halogens is 2. The lowest BCUT2D eigenvalue weighted by atomic mass is 9.93. The summed E-state index contributed by atoms with van der Waals surface area (Å²) in [7, 11) is 0. The molecule has 5 aromatic heterocycles. The molecule has 9 nitrogen and oxygen atoms in total. The van der Waals surface area contributed by atoms with Gasteiger partial charge in [-0.1, -0.05) is 12.1 Å². The summed E-state index contributed by atoms with van der Waals surface area (Å²) < 4.78 is 34.3. The van der Waals surface area contributed by atoms with E-state index in [1.807, 2.05) is 11.0 Å². The minimum absolute atomic E-state index is 0.0462. The van der Waals surface area contributed by atoms with Crippen LogP contribution in [-0.2, 0) is 19.4 Å². The molecule has 1 N–H and O–H groups in total. The van der Waals surface area contributed by atoms with Crippen molar-refractivity contribution in [2.45, 2.75) is 45.2 Å². The Labute approximate surface area is 266 Å². The van der Waals surface area contributed by atoms with Crippen molar-refractivity contribution in [3.05, 3.63) is 107 Å². The summed E-state index contributed by atoms with van der Waals surface area (Å²) in [5, 5.41) is 12.8. The van der Waals surface area contributed by atoms with Crippen LogP contribution in [0.4, 0.5) is 14.6 Å². The molecule has 0 bridgehead atoms. The van der Waals surface area contributed by atoms with Crippen LogP contribution in [0.25, 0.3) is 32.0 Å². The molecule has 1 saturated heterocycles. The van der Waals surface area contributed by atoms with Crippen molar-refractivity contribution in [2.24, 2.45) is 0 Å². The van der Waals surface area contributed by atoms with Gasteiger partial charge in [0.2, 0.25) is 11.8 Å². The summed E-state index contributed by atoms with van der Waals surface area (Å²) in [6.07, 6.45) is 7.40. The van der Waals surface area contributed by atoms with Gasteiger partial charge in [0, 0.05) is 42.8 Å². The van der Waals surface area contributed by atoms with Gasteiger partial charge >= 0.3 is 0 Å². The summed E-state index contributed by atoms with van der Waals surface area (Å²) in [4.78, 5) is 30.5. The van der Waals surface area contributed by atoms with Crippen molar-refractivity contribution in [1.82, 2.24) is 30.0 Å². The number of rotatable bonds is 8. The van der Waals surface area contributed by atoms with Gasteiger partial charge in [0.15, 0.2) is 0 Å². The lowest BCUT2D eigenvalue weighted by molar-refractivity contribution is 0.0776. The lowest BCUT2D eigenvalue weighted by Gasteiger charge is -2.16. The predicted octanol–water partition coefficient (Wildman–Crippen LogP) is 7.08. The summed E-state index contributed by atoms with van der Waals surface area (Å²) >= 11 is 1.51. The molecule has 7 heterocycles. The fourth-order valence-electron chi connectivity index (χ4n) is 6.47. The highest BCUT2D eigenvalue weighted by atomic mass is 32.1. The average molecular weight is 636 g/mol. The topological polar surface area (TPSA) is 110 Å². The van der Waals surface area contributed by atoms with Gasteiger partial charge in [-0.15, -0.1) is 21.5 Å². The Morgan fingerprint density at radius 1 is 1.00 bits per heavy atom. The third-order valence-corrected chi connectivity index (χ3v) is 9.72. The summed E-state index contributed by atoms with van der Waals surface area (Å²) in [6.45, 7) is 2.75. The van der Waals surface area contributed by atoms with Crippen molar-refractivity contribution in [3.8, 4) is 21.9 Å². The Morgan fingerprint density at radius 3 is 2.67 bits per heavy atom. The van der Waals surface area contributed by atoms with Crippen LogP contribution in [0.3, 0.4) is 0 Å². The van der Waals surface area contributed by atoms with E-state index in [0.717, 1.165) is 50.3 Å². The summed E-state index contributed by atoms with van der Waals surface area (Å²) in [5.41, 5.74) is 5.11. The van der Waals surface area contributed by atoms with Gasteiger partial charge in [-0.3, -0.25) is 14.8 Å². The minimum atomic E-state index is -0.403. The zero-order valence-electron chi connectivity index (χ0n) is 24.8. The molecule has 2 aliphatic rings. The molecule has 1 atom stereocenters. The maximum atomic E-state index is 14.1. The highest BCUT2D eigenvalue weighted by molar-refractivity contribution is 7.23. The highest BCUT2D eigenvalue weighted by Crippen LogP contribution is 2.50. The van der Waals surface area contributed by atoms with Gasteiger partial charge in [0.1, 0.15) is 17.5 Å². The van der Waals surface area contributed by atoms with E-state index in [1.165, 1.54) is 35.7 Å². The van der Waals surface area contributed by atoms with Gasteiger partial charge in [0.25, 0.3) is 5.91 Å². The van der Waals surface area contributed by atoms with Crippen LogP contribution in [0, 0.1) is 18.6 Å². The molecule has 0 radical (unpaired) electrons. The lowest BCUT2D eigenvalue weighted by Crippen LogP contribution is -2.22. The third kappa shape index (κ3) is 4.98. The van der Waals surface area contributed by atoms with E-state index < -0.39 is 5.82 Å². The van der Waals surface area contributed by atoms with Gasteiger partial charge in [-0.2, -0.15) is 0 Å². The Kier molecular flexibility index (Phi) is 7.01. The number of benzene rings is 1. The molecule has 0 spiro atoms. The second kappa shape index (κ2) is 11.4. The molecule has 0 aliphatic carbocycles. The highest BCUT2D eigenvalue weighted by Gasteiger charge is 2.44. The molecule has 12 heteroatoms. The number of hydrogen-bond acceptors (Lipinski definition) is 9. The van der Waals surface area contributed by atoms with Gasteiger partial charge in [-0.25, -0.2) is 13.8 Å². The number of nitrogens with zero attached hydrogens (tertiary/aromatic N) is 6. The predicted molar refractivity (Wildman–Crippen MR) is 169 cm³/mol. The molecule has 0 unspecified atom stereocenters. The van der Waals surface area contributed by atoms with Crippen LogP contribution in [-0.4, -0.2) is 42.5 Å². The summed E-state index contributed by atoms with van der Waals surface area (Å²) in [6, 6.07) is 11.8. The van der Waals surface area contributed by atoms with Crippen LogP contribution >= 0.6 is 11.3 Å². The number of anilines is 1. The first-order valence-corrected chi connectivity index (χ1v) is 15.9. The number of aromatic nitrogens is 5. The molecule has 6 aromatic rings. The fraction of sp³-hybridized carbons (Fsp3) is 0.235. The van der Waals surface area contributed by atoms with Crippen molar-refractivity contribution >= 4 is 33.1 Å². The molecule has 1 aromatic carbocycles. The molecule has 8 rings (SSSR count). The van der Waals surface area contributed by atoms with Crippen molar-refractivity contribution < 1.29 is 18.0 Å². The molecule has 0 saturated carbocycles. The normalized spacial score (nSPS) is 15.5. The first-order chi connectivity index (χ1) is 22.4. The Hall–Kier alpha value is -5.10. The van der Waals surface area contributed by atoms with Crippen LogP contribution in [0.15, 0.2) is 65.5 Å². The molecule has 230 valence electrons. The Balaban J connectivity index is 1.29. The SMILES string of the molecule is Cc1nnc(-c2c(CCc3ccc(F)cc3)nc3c(c2-c2cc4ccnc(NCc5cncc(F)c5)c4s2)C(=O)N2CCC[C@H]32)o1. The molecular weight excluding hydrogens is 608 g/mol. The quantitative estimate of drug-likeness (QED) is 0.189. The summed E-state index contributed by atoms with van der Waals surface area (Å²) in [5.74, 6) is 0.599. The smallest absolute Gasteiger partial charge is 0.257 e. The number of amides is 1. The maximum Gasteiger partial charge on any atom is 0.257 e. The van der Waals surface area contributed by atoms with Crippen LogP contribution in [0.2, 0.25) is 0 Å². The zero-order chi connectivity index (χ0) is 31.4. The van der Waals surface area contributed by atoms with Crippen molar-refractivity contribution in [3.63, 3.8) is 0 Å². The van der Waals surface area contributed by atoms with Crippen molar-refractivity contribution in [1.29, 1.82) is 0 Å². The first-order valence-electron chi connectivity index (χ1n) is 15.1. The molecule has 1 amide bonds. The Bertz CT molecular complexity index is 2130. The van der Waals surface area contributed by atoms with Crippen molar-refractivity contribution in [2.75, 3.05) is 11.9 Å². The number of carbonyl (C=O) groups is 1. The van der Waals surface area contributed by atoms with E-state index in [-0.39, 0.29) is 17.8 Å². The van der Waals surface area contributed by atoms with E-state index >= 15 is 0 Å². The van der Waals surface area contributed by atoms with E-state index in [2.05, 4.69) is 31.5 Å². The number of carbonyl (C=O) groups excluding carboxylic acids is 1. The largest absolute Gasteiger partial charge is 0.421 e. The maximum absolute atomic E-state index is 14.1. The van der Waals surface area contributed by atoms with E-state index in [1.54, 1.807) is 31.5 Å². The number of fused-ring (bicyclic) bond motifs is 4. The zero-order valence-corrected chi connectivity index (χ0v) is 25.6. The van der Waals surface area contributed by atoms with Gasteiger partial charge < -0.3 is 14.6 Å². The molecule has 46 heavy (non-hydrogen) atoms. The number of nitrogens with one attached hydrogen (secondary N) is 1. The number of hydrogen-bond donors (Lipinski definition) is 1. The third-order valence-electron chi connectivity index (χ3n) is 8.55. The van der Waals surface area contributed by atoms with Gasteiger partial charge in [-0.05, 0) is 72.5 Å². The minimum Gasteiger partial charge on any atom is -0.421 e. The van der Waals surface area contributed by atoms with Crippen LogP contribution in [0.1, 0.15) is 57.6 Å². The Morgan fingerprint density at radius 2 is 1.87 bits per heavy atom. The molecule has 1 fully saturated rings.